The predicted molar refractivity (Wildman–Crippen MR) is 95.2 cm³/mol. The van der Waals surface area contributed by atoms with Crippen LogP contribution in [0.4, 0.5) is 5.69 Å². The number of amides is 1. The van der Waals surface area contributed by atoms with Gasteiger partial charge in [0.25, 0.3) is 5.69 Å². The Bertz CT molecular complexity index is 770. The van der Waals surface area contributed by atoms with Gasteiger partial charge in [-0.2, -0.15) is 5.26 Å². The number of rotatable bonds is 7. The van der Waals surface area contributed by atoms with E-state index >= 15 is 0 Å². The van der Waals surface area contributed by atoms with E-state index in [2.05, 4.69) is 5.32 Å². The summed E-state index contributed by atoms with van der Waals surface area (Å²) in [5.41, 5.74) is 0.0369. The van der Waals surface area contributed by atoms with E-state index < -0.39 is 11.0 Å². The lowest BCUT2D eigenvalue weighted by molar-refractivity contribution is -0.385. The van der Waals surface area contributed by atoms with Gasteiger partial charge in [0.05, 0.1) is 22.6 Å². The lowest BCUT2D eigenvalue weighted by Crippen LogP contribution is -2.43. The van der Waals surface area contributed by atoms with Gasteiger partial charge in [-0.05, 0) is 26.0 Å². The standard InChI is InChI=1S/C18H22N4O5/c1-21(8-4-7-19)17(18(23)20-12-5-2-3-6-12)13-9-15-16(27-11-26-15)10-14(13)22(24)25/h9-10,12,17H,2-6,8,11H2,1H3,(H,20,23)/t17-/m1/s1. The second-order valence-electron chi connectivity index (χ2n) is 6.80. The van der Waals surface area contributed by atoms with Gasteiger partial charge < -0.3 is 14.8 Å². The van der Waals surface area contributed by atoms with E-state index in [1.807, 2.05) is 6.07 Å². The highest BCUT2D eigenvalue weighted by molar-refractivity contribution is 5.85. The number of nitrogens with zero attached hydrogens (tertiary/aromatic N) is 3. The van der Waals surface area contributed by atoms with Crippen LogP contribution in [0.15, 0.2) is 12.1 Å². The lowest BCUT2D eigenvalue weighted by Gasteiger charge is -2.28. The molecular formula is C18H22N4O5. The zero-order chi connectivity index (χ0) is 19.4. The highest BCUT2D eigenvalue weighted by Gasteiger charge is 2.35. The molecule has 1 N–H and O–H groups in total. The fourth-order valence-electron chi connectivity index (χ4n) is 3.61. The molecule has 1 amide bonds. The number of nitrogens with one attached hydrogen (secondary N) is 1. The van der Waals surface area contributed by atoms with E-state index in [0.717, 1.165) is 25.7 Å². The van der Waals surface area contributed by atoms with Crippen LogP contribution < -0.4 is 14.8 Å². The first kappa shape index (κ1) is 18.9. The van der Waals surface area contributed by atoms with Crippen LogP contribution in [0.25, 0.3) is 0 Å². The van der Waals surface area contributed by atoms with E-state index in [0.29, 0.717) is 18.0 Å². The molecule has 2 aliphatic rings. The Hall–Kier alpha value is -2.86. The maximum atomic E-state index is 13.0. The molecule has 1 aromatic rings. The van der Waals surface area contributed by atoms with Gasteiger partial charge in [0, 0.05) is 19.0 Å². The summed E-state index contributed by atoms with van der Waals surface area (Å²) in [6.07, 6.45) is 4.14. The van der Waals surface area contributed by atoms with Crippen LogP contribution in [0.1, 0.15) is 43.7 Å². The van der Waals surface area contributed by atoms with Crippen molar-refractivity contribution in [2.24, 2.45) is 0 Å². The van der Waals surface area contributed by atoms with Crippen LogP contribution >= 0.6 is 0 Å². The van der Waals surface area contributed by atoms with Crippen molar-refractivity contribution >= 4 is 11.6 Å². The summed E-state index contributed by atoms with van der Waals surface area (Å²) in [6, 6.07) is 4.03. The van der Waals surface area contributed by atoms with Gasteiger partial charge in [0.2, 0.25) is 12.7 Å². The number of nitriles is 1. The molecule has 1 aromatic carbocycles. The van der Waals surface area contributed by atoms with Crippen LogP contribution in [-0.2, 0) is 4.79 Å². The number of hydrogen-bond donors (Lipinski definition) is 1. The zero-order valence-corrected chi connectivity index (χ0v) is 15.1. The Morgan fingerprint density at radius 2 is 2.07 bits per heavy atom. The number of nitro benzene ring substituents is 1. The fourth-order valence-corrected chi connectivity index (χ4v) is 3.61. The van der Waals surface area contributed by atoms with Crippen molar-refractivity contribution in [1.29, 1.82) is 5.26 Å². The lowest BCUT2D eigenvalue weighted by atomic mass is 10.0. The molecule has 0 saturated heterocycles. The van der Waals surface area contributed by atoms with E-state index in [9.17, 15) is 14.9 Å². The van der Waals surface area contributed by atoms with E-state index in [1.165, 1.54) is 12.1 Å². The minimum Gasteiger partial charge on any atom is -0.454 e. The van der Waals surface area contributed by atoms with Crippen molar-refractivity contribution in [3.05, 3.63) is 27.8 Å². The summed E-state index contributed by atoms with van der Waals surface area (Å²) in [5, 5.41) is 23.5. The molecule has 1 atom stereocenters. The van der Waals surface area contributed by atoms with Crippen molar-refractivity contribution in [1.82, 2.24) is 10.2 Å². The largest absolute Gasteiger partial charge is 0.454 e. The Balaban J connectivity index is 1.97. The minimum atomic E-state index is -0.895. The van der Waals surface area contributed by atoms with Gasteiger partial charge >= 0.3 is 0 Å². The second-order valence-corrected chi connectivity index (χ2v) is 6.80. The number of nitro groups is 1. The summed E-state index contributed by atoms with van der Waals surface area (Å²) < 4.78 is 10.6. The highest BCUT2D eigenvalue weighted by Crippen LogP contribution is 2.41. The molecule has 1 heterocycles. The van der Waals surface area contributed by atoms with Crippen molar-refractivity contribution in [3.8, 4) is 17.6 Å². The molecule has 1 aliphatic heterocycles. The van der Waals surface area contributed by atoms with Gasteiger partial charge in [-0.15, -0.1) is 0 Å². The predicted octanol–water partition coefficient (Wildman–Crippen LogP) is 2.27. The third-order valence-electron chi connectivity index (χ3n) is 4.98. The maximum Gasteiger partial charge on any atom is 0.278 e. The first-order valence-corrected chi connectivity index (χ1v) is 8.96. The maximum absolute atomic E-state index is 13.0. The molecule has 1 aliphatic carbocycles. The van der Waals surface area contributed by atoms with Crippen LogP contribution in [0.5, 0.6) is 11.5 Å². The molecule has 1 saturated carbocycles. The molecule has 1 fully saturated rings. The van der Waals surface area contributed by atoms with Gasteiger partial charge in [0.15, 0.2) is 11.5 Å². The number of fused-ring (bicyclic) bond motifs is 1. The quantitative estimate of drug-likeness (QED) is 0.574. The van der Waals surface area contributed by atoms with Crippen LogP contribution in [0, 0.1) is 21.4 Å². The van der Waals surface area contributed by atoms with Gasteiger partial charge in [0.1, 0.15) is 6.04 Å². The molecule has 0 unspecified atom stereocenters. The molecule has 9 nitrogen and oxygen atoms in total. The molecule has 144 valence electrons. The molecule has 0 radical (unpaired) electrons. The average Bonchev–Trinajstić information content (AvgIpc) is 3.30. The Morgan fingerprint density at radius 3 is 2.70 bits per heavy atom. The Morgan fingerprint density at radius 1 is 1.41 bits per heavy atom. The Labute approximate surface area is 157 Å². The molecule has 0 aromatic heterocycles. The molecular weight excluding hydrogens is 352 g/mol. The third-order valence-corrected chi connectivity index (χ3v) is 4.98. The molecule has 3 rings (SSSR count). The summed E-state index contributed by atoms with van der Waals surface area (Å²) in [4.78, 5) is 25.8. The molecule has 9 heteroatoms. The number of likely N-dealkylation sites (N-methyl/N-ethyl adjacent to an activating group) is 1. The summed E-state index contributed by atoms with van der Waals surface area (Å²) in [7, 11) is 1.69. The highest BCUT2D eigenvalue weighted by atomic mass is 16.7. The van der Waals surface area contributed by atoms with Gasteiger partial charge in [-0.3, -0.25) is 19.8 Å². The first-order chi connectivity index (χ1) is 13.0. The first-order valence-electron chi connectivity index (χ1n) is 8.96. The molecule has 0 spiro atoms. The summed E-state index contributed by atoms with van der Waals surface area (Å²) >= 11 is 0. The summed E-state index contributed by atoms with van der Waals surface area (Å²) in [5.74, 6) is 0.368. The third kappa shape index (κ3) is 4.11. The minimum absolute atomic E-state index is 0.0147. The van der Waals surface area contributed by atoms with Gasteiger partial charge in [-0.1, -0.05) is 12.8 Å². The van der Waals surface area contributed by atoms with Crippen molar-refractivity contribution in [2.45, 2.75) is 44.2 Å². The fraction of sp³-hybridized carbons (Fsp3) is 0.556. The number of benzene rings is 1. The SMILES string of the molecule is CN(CCC#N)[C@@H](C(=O)NC1CCCC1)c1cc2c(cc1[N+](=O)[O-])OCO2. The monoisotopic (exact) mass is 374 g/mol. The number of carbonyl (C=O) groups is 1. The smallest absolute Gasteiger partial charge is 0.278 e. The average molecular weight is 374 g/mol. The van der Waals surface area contributed by atoms with Crippen LogP contribution in [-0.4, -0.2) is 42.2 Å². The van der Waals surface area contributed by atoms with Gasteiger partial charge in [-0.25, -0.2) is 0 Å². The van der Waals surface area contributed by atoms with E-state index in [4.69, 9.17) is 14.7 Å². The normalized spacial score (nSPS) is 16.9. The van der Waals surface area contributed by atoms with Crippen molar-refractivity contribution in [2.75, 3.05) is 20.4 Å². The van der Waals surface area contributed by atoms with E-state index in [1.54, 1.807) is 11.9 Å². The molecule has 27 heavy (non-hydrogen) atoms. The van der Waals surface area contributed by atoms with Crippen molar-refractivity contribution in [3.63, 3.8) is 0 Å². The number of carbonyl (C=O) groups excluding carboxylic acids is 1. The number of ether oxygens (including phenoxy) is 2. The topological polar surface area (TPSA) is 118 Å². The summed E-state index contributed by atoms with van der Waals surface area (Å²) in [6.45, 7) is 0.296. The van der Waals surface area contributed by atoms with E-state index in [-0.39, 0.29) is 36.4 Å². The van der Waals surface area contributed by atoms with Crippen molar-refractivity contribution < 1.29 is 19.2 Å². The Kier molecular flexibility index (Phi) is 5.76. The number of hydrogen-bond acceptors (Lipinski definition) is 7. The second kappa shape index (κ2) is 8.22. The molecule has 0 bridgehead atoms. The zero-order valence-electron chi connectivity index (χ0n) is 15.1. The van der Waals surface area contributed by atoms with Crippen LogP contribution in [0.3, 0.4) is 0 Å². The van der Waals surface area contributed by atoms with Crippen LogP contribution in [0.2, 0.25) is 0 Å².